The minimum Gasteiger partial charge on any atom is -0.373 e. The molecule has 0 amide bonds. The summed E-state index contributed by atoms with van der Waals surface area (Å²) in [7, 11) is 0. The van der Waals surface area contributed by atoms with E-state index in [9.17, 15) is 0 Å². The van der Waals surface area contributed by atoms with Gasteiger partial charge in [0, 0.05) is 6.20 Å². The first-order valence-electron chi connectivity index (χ1n) is 6.16. The van der Waals surface area contributed by atoms with E-state index < -0.39 is 0 Å². The lowest BCUT2D eigenvalue weighted by Gasteiger charge is -2.35. The minimum atomic E-state index is 0.386. The Balaban J connectivity index is 1.46. The molecule has 18 heavy (non-hydrogen) atoms. The summed E-state index contributed by atoms with van der Waals surface area (Å²) >= 11 is 2.29. The molecule has 1 aliphatic rings. The Kier molecular flexibility index (Phi) is 3.65. The van der Waals surface area contributed by atoms with Crippen molar-refractivity contribution in [1.82, 2.24) is 9.78 Å². The quantitative estimate of drug-likeness (QED) is 0.787. The van der Waals surface area contributed by atoms with E-state index in [2.05, 4.69) is 50.7 Å². The van der Waals surface area contributed by atoms with Gasteiger partial charge in [-0.25, -0.2) is 0 Å². The molecule has 94 valence electrons. The van der Waals surface area contributed by atoms with E-state index >= 15 is 0 Å². The van der Waals surface area contributed by atoms with Crippen LogP contribution in [0.2, 0.25) is 0 Å². The molecule has 2 aromatic rings. The van der Waals surface area contributed by atoms with Crippen molar-refractivity contribution < 1.29 is 4.74 Å². The summed E-state index contributed by atoms with van der Waals surface area (Å²) in [4.78, 5) is 0. The van der Waals surface area contributed by atoms with Crippen molar-refractivity contribution in [3.05, 3.63) is 51.9 Å². The SMILES string of the molecule is Ic1cnn(C2CC(OCc3ccccc3)C2)c1. The largest absolute Gasteiger partial charge is 0.373 e. The Morgan fingerprint density at radius 1 is 1.28 bits per heavy atom. The average Bonchev–Trinajstić information content (AvgIpc) is 2.75. The second-order valence-electron chi connectivity index (χ2n) is 4.68. The lowest BCUT2D eigenvalue weighted by molar-refractivity contribution is -0.0383. The van der Waals surface area contributed by atoms with E-state index in [0.29, 0.717) is 12.1 Å². The van der Waals surface area contributed by atoms with Crippen molar-refractivity contribution in [2.24, 2.45) is 0 Å². The molecule has 0 saturated heterocycles. The molecular weight excluding hydrogens is 339 g/mol. The van der Waals surface area contributed by atoms with Crippen LogP contribution in [-0.2, 0) is 11.3 Å². The molecule has 0 bridgehead atoms. The summed E-state index contributed by atoms with van der Waals surface area (Å²) < 4.78 is 9.13. The molecule has 0 N–H and O–H groups in total. The molecule has 1 fully saturated rings. The zero-order valence-electron chi connectivity index (χ0n) is 10.00. The van der Waals surface area contributed by atoms with Crippen LogP contribution in [0.5, 0.6) is 0 Å². The summed E-state index contributed by atoms with van der Waals surface area (Å²) in [6.45, 7) is 0.717. The van der Waals surface area contributed by atoms with Crippen LogP contribution in [0.4, 0.5) is 0 Å². The fourth-order valence-electron chi connectivity index (χ4n) is 2.19. The predicted molar refractivity (Wildman–Crippen MR) is 78.2 cm³/mol. The maximum Gasteiger partial charge on any atom is 0.0720 e. The number of nitrogens with zero attached hydrogens (tertiary/aromatic N) is 2. The van der Waals surface area contributed by atoms with E-state index in [1.54, 1.807) is 0 Å². The number of hydrogen-bond donors (Lipinski definition) is 0. The first kappa shape index (κ1) is 12.2. The summed E-state index contributed by atoms with van der Waals surface area (Å²) in [5.41, 5.74) is 1.24. The standard InChI is InChI=1S/C14H15IN2O/c15-12-8-16-17(9-12)13-6-14(7-13)18-10-11-4-2-1-3-5-11/h1-5,8-9,13-14H,6-7,10H2. The highest BCUT2D eigenvalue weighted by molar-refractivity contribution is 14.1. The van der Waals surface area contributed by atoms with E-state index in [-0.39, 0.29) is 0 Å². The monoisotopic (exact) mass is 354 g/mol. The lowest BCUT2D eigenvalue weighted by Crippen LogP contribution is -2.33. The van der Waals surface area contributed by atoms with Gasteiger partial charge in [-0.2, -0.15) is 5.10 Å². The van der Waals surface area contributed by atoms with E-state index in [1.165, 1.54) is 9.13 Å². The van der Waals surface area contributed by atoms with Crippen LogP contribution in [-0.4, -0.2) is 15.9 Å². The van der Waals surface area contributed by atoms with Crippen molar-refractivity contribution in [2.45, 2.75) is 31.6 Å². The lowest BCUT2D eigenvalue weighted by atomic mass is 9.89. The molecule has 4 heteroatoms. The van der Waals surface area contributed by atoms with Gasteiger partial charge < -0.3 is 4.74 Å². The fourth-order valence-corrected chi connectivity index (χ4v) is 2.60. The molecule has 0 atom stereocenters. The van der Waals surface area contributed by atoms with Gasteiger partial charge in [0.15, 0.2) is 0 Å². The minimum absolute atomic E-state index is 0.386. The van der Waals surface area contributed by atoms with E-state index in [1.807, 2.05) is 24.4 Å². The zero-order valence-corrected chi connectivity index (χ0v) is 12.2. The van der Waals surface area contributed by atoms with Crippen LogP contribution in [0.3, 0.4) is 0 Å². The molecule has 1 saturated carbocycles. The smallest absolute Gasteiger partial charge is 0.0720 e. The van der Waals surface area contributed by atoms with Crippen molar-refractivity contribution in [3.8, 4) is 0 Å². The number of aromatic nitrogens is 2. The van der Waals surface area contributed by atoms with Gasteiger partial charge in [0.05, 0.1) is 28.5 Å². The van der Waals surface area contributed by atoms with Crippen LogP contribution in [0.15, 0.2) is 42.7 Å². The highest BCUT2D eigenvalue weighted by atomic mass is 127. The highest BCUT2D eigenvalue weighted by Gasteiger charge is 2.31. The number of hydrogen-bond acceptors (Lipinski definition) is 2. The van der Waals surface area contributed by atoms with Gasteiger partial charge >= 0.3 is 0 Å². The molecule has 0 unspecified atom stereocenters. The van der Waals surface area contributed by atoms with Crippen LogP contribution in [0.25, 0.3) is 0 Å². The summed E-state index contributed by atoms with van der Waals surface area (Å²) in [6, 6.07) is 10.9. The zero-order chi connectivity index (χ0) is 12.4. The Bertz CT molecular complexity index is 506. The number of ether oxygens (including phenoxy) is 1. The predicted octanol–water partition coefficient (Wildman–Crippen LogP) is 3.41. The van der Waals surface area contributed by atoms with Gasteiger partial charge in [-0.1, -0.05) is 30.3 Å². The third-order valence-electron chi connectivity index (χ3n) is 3.34. The second kappa shape index (κ2) is 5.40. The third-order valence-corrected chi connectivity index (χ3v) is 3.90. The highest BCUT2D eigenvalue weighted by Crippen LogP contribution is 2.34. The normalized spacial score (nSPS) is 22.7. The van der Waals surface area contributed by atoms with E-state index in [4.69, 9.17) is 4.74 Å². The van der Waals surface area contributed by atoms with Crippen molar-refractivity contribution >= 4 is 22.6 Å². The molecule has 3 nitrogen and oxygen atoms in total. The van der Waals surface area contributed by atoms with Gasteiger partial charge in [-0.3, -0.25) is 4.68 Å². The summed E-state index contributed by atoms with van der Waals surface area (Å²) in [5.74, 6) is 0. The Morgan fingerprint density at radius 3 is 2.72 bits per heavy atom. The topological polar surface area (TPSA) is 27.1 Å². The third kappa shape index (κ3) is 2.75. The molecule has 1 aromatic heterocycles. The van der Waals surface area contributed by atoms with Crippen LogP contribution >= 0.6 is 22.6 Å². The molecule has 1 aliphatic carbocycles. The Morgan fingerprint density at radius 2 is 2.06 bits per heavy atom. The second-order valence-corrected chi connectivity index (χ2v) is 5.93. The molecule has 3 rings (SSSR count). The molecule has 1 heterocycles. The van der Waals surface area contributed by atoms with Crippen molar-refractivity contribution in [1.29, 1.82) is 0 Å². The van der Waals surface area contributed by atoms with Crippen LogP contribution in [0, 0.1) is 3.57 Å². The number of halogens is 1. The van der Waals surface area contributed by atoms with Crippen LogP contribution in [0.1, 0.15) is 24.4 Å². The van der Waals surface area contributed by atoms with Crippen molar-refractivity contribution in [2.75, 3.05) is 0 Å². The average molecular weight is 354 g/mol. The van der Waals surface area contributed by atoms with Crippen molar-refractivity contribution in [3.63, 3.8) is 0 Å². The first-order valence-corrected chi connectivity index (χ1v) is 7.24. The summed E-state index contributed by atoms with van der Waals surface area (Å²) in [6.07, 6.45) is 6.53. The maximum atomic E-state index is 5.88. The van der Waals surface area contributed by atoms with Gasteiger partial charge in [0.2, 0.25) is 0 Å². The maximum absolute atomic E-state index is 5.88. The number of rotatable bonds is 4. The van der Waals surface area contributed by atoms with Gasteiger partial charge in [0.25, 0.3) is 0 Å². The molecular formula is C14H15IN2O. The summed E-state index contributed by atoms with van der Waals surface area (Å²) in [5, 5.41) is 4.34. The van der Waals surface area contributed by atoms with Gasteiger partial charge in [-0.05, 0) is 41.0 Å². The first-order chi connectivity index (χ1) is 8.81. The Labute approximate surface area is 120 Å². The molecule has 1 aromatic carbocycles. The molecule has 0 spiro atoms. The van der Waals surface area contributed by atoms with Crippen LogP contribution < -0.4 is 0 Å². The van der Waals surface area contributed by atoms with Gasteiger partial charge in [-0.15, -0.1) is 0 Å². The Hall–Kier alpha value is -0.880. The van der Waals surface area contributed by atoms with E-state index in [0.717, 1.165) is 19.4 Å². The molecule has 0 radical (unpaired) electrons. The fraction of sp³-hybridized carbons (Fsp3) is 0.357. The number of benzene rings is 1. The van der Waals surface area contributed by atoms with Gasteiger partial charge in [0.1, 0.15) is 0 Å². The molecule has 0 aliphatic heterocycles.